The van der Waals surface area contributed by atoms with Crippen LogP contribution in [-0.2, 0) is 6.42 Å². The zero-order valence-corrected chi connectivity index (χ0v) is 14.2. The monoisotopic (exact) mass is 290 g/mol. The fourth-order valence-electron chi connectivity index (χ4n) is 2.31. The molecular formula is C18H30N2O. The van der Waals surface area contributed by atoms with Gasteiger partial charge in [0.25, 0.3) is 0 Å². The third kappa shape index (κ3) is 6.87. The van der Waals surface area contributed by atoms with Gasteiger partial charge in [0.15, 0.2) is 5.78 Å². The highest BCUT2D eigenvalue weighted by Gasteiger charge is 2.14. The normalized spacial score (nSPS) is 11.6. The number of hydrogen-bond donors (Lipinski definition) is 0. The van der Waals surface area contributed by atoms with E-state index in [0.29, 0.717) is 12.5 Å². The molecule has 0 spiro atoms. The van der Waals surface area contributed by atoms with Crippen LogP contribution in [0.3, 0.4) is 0 Å². The van der Waals surface area contributed by atoms with Gasteiger partial charge in [-0.25, -0.2) is 0 Å². The van der Waals surface area contributed by atoms with Gasteiger partial charge >= 0.3 is 0 Å². The van der Waals surface area contributed by atoms with E-state index in [-0.39, 0.29) is 5.78 Å². The SMILES string of the molecule is CCc1ccc(C(=O)CN(CCN(C)C)CC(C)C)cc1. The number of carbonyl (C=O) groups is 1. The Morgan fingerprint density at radius 3 is 2.19 bits per heavy atom. The summed E-state index contributed by atoms with van der Waals surface area (Å²) in [5.74, 6) is 0.791. The first-order chi connectivity index (χ1) is 9.92. The molecular weight excluding hydrogens is 260 g/mol. The van der Waals surface area contributed by atoms with Gasteiger partial charge in [-0.3, -0.25) is 9.69 Å². The minimum atomic E-state index is 0.219. The van der Waals surface area contributed by atoms with Crippen LogP contribution in [0.2, 0.25) is 0 Å². The molecule has 1 aromatic carbocycles. The highest BCUT2D eigenvalue weighted by atomic mass is 16.1. The lowest BCUT2D eigenvalue weighted by Gasteiger charge is -2.25. The number of Topliss-reactive ketones (excluding diaryl/α,β-unsaturated/α-hetero) is 1. The lowest BCUT2D eigenvalue weighted by molar-refractivity contribution is 0.0916. The van der Waals surface area contributed by atoms with Crippen LogP contribution in [0.25, 0.3) is 0 Å². The predicted octanol–water partition coefficient (Wildman–Crippen LogP) is 2.95. The van der Waals surface area contributed by atoms with Gasteiger partial charge in [-0.15, -0.1) is 0 Å². The van der Waals surface area contributed by atoms with E-state index in [1.165, 1.54) is 5.56 Å². The molecule has 21 heavy (non-hydrogen) atoms. The van der Waals surface area contributed by atoms with Crippen LogP contribution in [0.5, 0.6) is 0 Å². The molecule has 1 rings (SSSR count). The molecule has 118 valence electrons. The molecule has 0 fully saturated rings. The fraction of sp³-hybridized carbons (Fsp3) is 0.611. The number of likely N-dealkylation sites (N-methyl/N-ethyl adjacent to an activating group) is 1. The number of rotatable bonds is 9. The van der Waals surface area contributed by atoms with Crippen molar-refractivity contribution in [2.45, 2.75) is 27.2 Å². The first kappa shape index (κ1) is 17.9. The maximum absolute atomic E-state index is 12.4. The number of ketones is 1. The van der Waals surface area contributed by atoms with Crippen LogP contribution >= 0.6 is 0 Å². The third-order valence-corrected chi connectivity index (χ3v) is 3.54. The average molecular weight is 290 g/mol. The molecule has 0 bridgehead atoms. The smallest absolute Gasteiger partial charge is 0.176 e. The summed E-state index contributed by atoms with van der Waals surface area (Å²) in [6, 6.07) is 8.03. The van der Waals surface area contributed by atoms with Crippen molar-refractivity contribution in [3.05, 3.63) is 35.4 Å². The number of carbonyl (C=O) groups excluding carboxylic acids is 1. The second-order valence-electron chi connectivity index (χ2n) is 6.41. The summed E-state index contributed by atoms with van der Waals surface area (Å²) in [4.78, 5) is 16.9. The van der Waals surface area contributed by atoms with Gasteiger partial charge in [0.05, 0.1) is 6.54 Å². The summed E-state index contributed by atoms with van der Waals surface area (Å²) in [5, 5.41) is 0. The van der Waals surface area contributed by atoms with Crippen molar-refractivity contribution in [1.82, 2.24) is 9.80 Å². The van der Waals surface area contributed by atoms with Crippen LogP contribution < -0.4 is 0 Å². The van der Waals surface area contributed by atoms with Crippen molar-refractivity contribution in [3.63, 3.8) is 0 Å². The van der Waals surface area contributed by atoms with Gasteiger partial charge in [0, 0.05) is 25.2 Å². The Balaban J connectivity index is 2.64. The molecule has 0 aromatic heterocycles. The summed E-state index contributed by atoms with van der Waals surface area (Å²) in [7, 11) is 4.14. The first-order valence-corrected chi connectivity index (χ1v) is 7.91. The molecule has 1 aromatic rings. The summed E-state index contributed by atoms with van der Waals surface area (Å²) in [5.41, 5.74) is 2.10. The summed E-state index contributed by atoms with van der Waals surface area (Å²) < 4.78 is 0. The molecule has 0 aliphatic rings. The number of benzene rings is 1. The van der Waals surface area contributed by atoms with Gasteiger partial charge in [-0.05, 0) is 32.0 Å². The second-order valence-corrected chi connectivity index (χ2v) is 6.41. The Morgan fingerprint density at radius 2 is 1.71 bits per heavy atom. The highest BCUT2D eigenvalue weighted by molar-refractivity contribution is 5.97. The van der Waals surface area contributed by atoms with Gasteiger partial charge in [0.2, 0.25) is 0 Å². The molecule has 0 aliphatic heterocycles. The number of nitrogens with zero attached hydrogens (tertiary/aromatic N) is 2. The van der Waals surface area contributed by atoms with Crippen LogP contribution in [0, 0.1) is 5.92 Å². The molecule has 0 amide bonds. The first-order valence-electron chi connectivity index (χ1n) is 7.91. The number of hydrogen-bond acceptors (Lipinski definition) is 3. The Kier molecular flexibility index (Phi) is 7.62. The van der Waals surface area contributed by atoms with E-state index in [1.54, 1.807) is 0 Å². The summed E-state index contributed by atoms with van der Waals surface area (Å²) in [6.07, 6.45) is 1.01. The molecule has 0 heterocycles. The van der Waals surface area contributed by atoms with Crippen LogP contribution in [0.4, 0.5) is 0 Å². The maximum atomic E-state index is 12.4. The van der Waals surface area contributed by atoms with E-state index in [4.69, 9.17) is 0 Å². The standard InChI is InChI=1S/C18H30N2O/c1-6-16-7-9-17(10-8-16)18(21)14-20(13-15(2)3)12-11-19(4)5/h7-10,15H,6,11-14H2,1-5H3. The molecule has 0 saturated carbocycles. The van der Waals surface area contributed by atoms with E-state index >= 15 is 0 Å². The lowest BCUT2D eigenvalue weighted by atomic mass is 10.1. The molecule has 0 aliphatic carbocycles. The van der Waals surface area contributed by atoms with Crippen molar-refractivity contribution in [3.8, 4) is 0 Å². The van der Waals surface area contributed by atoms with E-state index in [2.05, 4.69) is 56.8 Å². The average Bonchev–Trinajstić information content (AvgIpc) is 2.44. The Bertz CT molecular complexity index is 423. The van der Waals surface area contributed by atoms with Crippen molar-refractivity contribution in [2.24, 2.45) is 5.92 Å². The van der Waals surface area contributed by atoms with E-state index < -0.39 is 0 Å². The topological polar surface area (TPSA) is 23.6 Å². The zero-order chi connectivity index (χ0) is 15.8. The molecule has 0 radical (unpaired) electrons. The predicted molar refractivity (Wildman–Crippen MR) is 90.0 cm³/mol. The van der Waals surface area contributed by atoms with Crippen LogP contribution in [-0.4, -0.2) is 55.9 Å². The van der Waals surface area contributed by atoms with Gasteiger partial charge < -0.3 is 4.90 Å². The van der Waals surface area contributed by atoms with E-state index in [1.807, 2.05) is 12.1 Å². The van der Waals surface area contributed by atoms with Crippen molar-refractivity contribution < 1.29 is 4.79 Å². The Morgan fingerprint density at radius 1 is 1.10 bits per heavy atom. The molecule has 0 N–H and O–H groups in total. The van der Waals surface area contributed by atoms with Crippen molar-refractivity contribution in [2.75, 3.05) is 40.3 Å². The minimum absolute atomic E-state index is 0.219. The quantitative estimate of drug-likeness (QED) is 0.653. The fourth-order valence-corrected chi connectivity index (χ4v) is 2.31. The summed E-state index contributed by atoms with van der Waals surface area (Å²) in [6.45, 7) is 9.91. The summed E-state index contributed by atoms with van der Waals surface area (Å²) >= 11 is 0. The second kappa shape index (κ2) is 8.96. The van der Waals surface area contributed by atoms with E-state index in [9.17, 15) is 4.79 Å². The molecule has 3 nitrogen and oxygen atoms in total. The Labute approximate surface area is 129 Å². The van der Waals surface area contributed by atoms with E-state index in [0.717, 1.165) is 31.6 Å². The molecule has 0 saturated heterocycles. The Hall–Kier alpha value is -1.19. The maximum Gasteiger partial charge on any atom is 0.176 e. The molecule has 0 unspecified atom stereocenters. The lowest BCUT2D eigenvalue weighted by Crippen LogP contribution is -2.37. The minimum Gasteiger partial charge on any atom is -0.308 e. The molecule has 3 heteroatoms. The number of aryl methyl sites for hydroxylation is 1. The van der Waals surface area contributed by atoms with Crippen LogP contribution in [0.15, 0.2) is 24.3 Å². The third-order valence-electron chi connectivity index (χ3n) is 3.54. The van der Waals surface area contributed by atoms with Gasteiger partial charge in [-0.1, -0.05) is 45.0 Å². The zero-order valence-electron chi connectivity index (χ0n) is 14.2. The van der Waals surface area contributed by atoms with Crippen molar-refractivity contribution >= 4 is 5.78 Å². The molecule has 0 atom stereocenters. The largest absolute Gasteiger partial charge is 0.308 e. The van der Waals surface area contributed by atoms with Gasteiger partial charge in [0.1, 0.15) is 0 Å². The van der Waals surface area contributed by atoms with Crippen molar-refractivity contribution in [1.29, 1.82) is 0 Å². The van der Waals surface area contributed by atoms with Crippen LogP contribution in [0.1, 0.15) is 36.7 Å². The highest BCUT2D eigenvalue weighted by Crippen LogP contribution is 2.08. The van der Waals surface area contributed by atoms with Gasteiger partial charge in [-0.2, -0.15) is 0 Å².